The van der Waals surface area contributed by atoms with Crippen molar-refractivity contribution in [1.29, 1.82) is 0 Å². The van der Waals surface area contributed by atoms with Gasteiger partial charge in [0.1, 0.15) is 16.5 Å². The zero-order chi connectivity index (χ0) is 14.9. The molecule has 0 heterocycles. The van der Waals surface area contributed by atoms with Crippen LogP contribution < -0.4 is 10.5 Å². The molecule has 106 valence electrons. The van der Waals surface area contributed by atoms with Crippen molar-refractivity contribution in [2.24, 2.45) is 0 Å². The van der Waals surface area contributed by atoms with Crippen LogP contribution in [0.25, 0.3) is 0 Å². The molecule has 3 N–H and O–H groups in total. The van der Waals surface area contributed by atoms with Gasteiger partial charge in [0, 0.05) is 10.5 Å². The standard InChI is InChI=1S/C12H9BrF2N2O2S/c13-7-3-1-2-4-12(7)20(18,19)17-11-6-10(16)8(14)5-9(11)15/h1-6,17H,16H2. The van der Waals surface area contributed by atoms with E-state index in [1.54, 1.807) is 6.07 Å². The SMILES string of the molecule is Nc1cc(NS(=O)(=O)c2ccccc2Br)c(F)cc1F. The number of anilines is 2. The van der Waals surface area contributed by atoms with Crippen LogP contribution in [0, 0.1) is 11.6 Å². The van der Waals surface area contributed by atoms with Gasteiger partial charge in [-0.05, 0) is 34.1 Å². The quantitative estimate of drug-likeness (QED) is 0.824. The topological polar surface area (TPSA) is 72.2 Å². The third-order valence-corrected chi connectivity index (χ3v) is 4.83. The van der Waals surface area contributed by atoms with E-state index in [1.807, 2.05) is 4.72 Å². The van der Waals surface area contributed by atoms with Crippen LogP contribution >= 0.6 is 15.9 Å². The van der Waals surface area contributed by atoms with Crippen molar-refractivity contribution in [2.75, 3.05) is 10.5 Å². The minimum Gasteiger partial charge on any atom is -0.396 e. The van der Waals surface area contributed by atoms with Crippen LogP contribution in [-0.2, 0) is 10.0 Å². The number of nitrogen functional groups attached to an aromatic ring is 1. The molecule has 0 amide bonds. The van der Waals surface area contributed by atoms with Crippen LogP contribution in [0.15, 0.2) is 45.8 Å². The van der Waals surface area contributed by atoms with Crippen LogP contribution in [0.3, 0.4) is 0 Å². The lowest BCUT2D eigenvalue weighted by atomic mass is 10.2. The van der Waals surface area contributed by atoms with E-state index in [0.717, 1.165) is 6.07 Å². The van der Waals surface area contributed by atoms with Gasteiger partial charge in [0.05, 0.1) is 11.4 Å². The summed E-state index contributed by atoms with van der Waals surface area (Å²) in [5.74, 6) is -2.00. The van der Waals surface area contributed by atoms with Crippen LogP contribution in [0.4, 0.5) is 20.2 Å². The lowest BCUT2D eigenvalue weighted by molar-refractivity contribution is 0.585. The van der Waals surface area contributed by atoms with Gasteiger partial charge in [-0.3, -0.25) is 4.72 Å². The molecule has 2 rings (SSSR count). The van der Waals surface area contributed by atoms with Crippen molar-refractivity contribution in [3.8, 4) is 0 Å². The molecule has 0 aromatic heterocycles. The third kappa shape index (κ3) is 2.91. The molecule has 2 aromatic carbocycles. The molecule has 0 atom stereocenters. The van der Waals surface area contributed by atoms with E-state index >= 15 is 0 Å². The highest BCUT2D eigenvalue weighted by Gasteiger charge is 2.19. The summed E-state index contributed by atoms with van der Waals surface area (Å²) in [5, 5.41) is 0. The molecule has 0 aliphatic heterocycles. The van der Waals surface area contributed by atoms with Crippen LogP contribution in [0.1, 0.15) is 0 Å². The lowest BCUT2D eigenvalue weighted by Gasteiger charge is -2.11. The molecule has 0 aliphatic carbocycles. The highest BCUT2D eigenvalue weighted by atomic mass is 79.9. The summed E-state index contributed by atoms with van der Waals surface area (Å²) in [7, 11) is -4.01. The van der Waals surface area contributed by atoms with Gasteiger partial charge in [0.15, 0.2) is 0 Å². The number of sulfonamides is 1. The van der Waals surface area contributed by atoms with Gasteiger partial charge in [0.25, 0.3) is 10.0 Å². The summed E-state index contributed by atoms with van der Waals surface area (Å²) in [6, 6.07) is 7.45. The van der Waals surface area contributed by atoms with E-state index in [9.17, 15) is 17.2 Å². The summed E-state index contributed by atoms with van der Waals surface area (Å²) in [6.45, 7) is 0. The molecular formula is C12H9BrF2N2O2S. The number of nitrogens with one attached hydrogen (secondary N) is 1. The van der Waals surface area contributed by atoms with E-state index in [-0.39, 0.29) is 10.6 Å². The van der Waals surface area contributed by atoms with Crippen molar-refractivity contribution >= 4 is 37.3 Å². The highest BCUT2D eigenvalue weighted by molar-refractivity contribution is 9.10. The van der Waals surface area contributed by atoms with Crippen LogP contribution in [0.2, 0.25) is 0 Å². The molecule has 0 aliphatic rings. The van der Waals surface area contributed by atoms with Gasteiger partial charge in [-0.2, -0.15) is 0 Å². The number of benzene rings is 2. The lowest BCUT2D eigenvalue weighted by Crippen LogP contribution is -2.15. The Bertz CT molecular complexity index is 766. The number of rotatable bonds is 3. The maximum Gasteiger partial charge on any atom is 0.263 e. The first kappa shape index (κ1) is 14.7. The second-order valence-corrected chi connectivity index (χ2v) is 6.39. The second-order valence-electron chi connectivity index (χ2n) is 3.89. The Hall–Kier alpha value is -1.67. The van der Waals surface area contributed by atoms with Crippen molar-refractivity contribution in [1.82, 2.24) is 0 Å². The highest BCUT2D eigenvalue weighted by Crippen LogP contribution is 2.27. The zero-order valence-electron chi connectivity index (χ0n) is 9.90. The predicted molar refractivity (Wildman–Crippen MR) is 75.7 cm³/mol. The van der Waals surface area contributed by atoms with Gasteiger partial charge < -0.3 is 5.73 Å². The fourth-order valence-electron chi connectivity index (χ4n) is 1.51. The minimum atomic E-state index is -4.01. The first-order chi connectivity index (χ1) is 9.31. The van der Waals surface area contributed by atoms with Crippen molar-refractivity contribution in [2.45, 2.75) is 4.90 Å². The first-order valence-corrected chi connectivity index (χ1v) is 7.61. The fraction of sp³-hybridized carbons (Fsp3) is 0. The molecular weight excluding hydrogens is 354 g/mol. The monoisotopic (exact) mass is 362 g/mol. The Kier molecular flexibility index (Phi) is 3.96. The normalized spacial score (nSPS) is 11.3. The molecule has 0 fully saturated rings. The maximum atomic E-state index is 13.5. The second kappa shape index (κ2) is 5.37. The number of halogens is 3. The molecule has 0 spiro atoms. The molecule has 0 unspecified atom stereocenters. The fourth-order valence-corrected chi connectivity index (χ4v) is 3.57. The zero-order valence-corrected chi connectivity index (χ0v) is 12.3. The van der Waals surface area contributed by atoms with Gasteiger partial charge in [-0.25, -0.2) is 17.2 Å². The van der Waals surface area contributed by atoms with E-state index in [2.05, 4.69) is 15.9 Å². The average Bonchev–Trinajstić information content (AvgIpc) is 2.36. The largest absolute Gasteiger partial charge is 0.396 e. The van der Waals surface area contributed by atoms with Crippen molar-refractivity contribution in [3.63, 3.8) is 0 Å². The Labute approximate surface area is 122 Å². The molecule has 0 saturated heterocycles. The Morgan fingerprint density at radius 3 is 2.40 bits per heavy atom. The molecule has 0 radical (unpaired) electrons. The third-order valence-electron chi connectivity index (χ3n) is 2.46. The average molecular weight is 363 g/mol. The molecule has 2 aromatic rings. The Morgan fingerprint density at radius 2 is 1.75 bits per heavy atom. The Balaban J connectivity index is 2.44. The molecule has 20 heavy (non-hydrogen) atoms. The summed E-state index contributed by atoms with van der Waals surface area (Å²) < 4.78 is 53.2. The van der Waals surface area contributed by atoms with Crippen LogP contribution in [-0.4, -0.2) is 8.42 Å². The summed E-state index contributed by atoms with van der Waals surface area (Å²) in [5.41, 5.74) is 4.52. The molecule has 0 saturated carbocycles. The number of nitrogens with two attached hydrogens (primary N) is 1. The van der Waals surface area contributed by atoms with Gasteiger partial charge in [-0.1, -0.05) is 12.1 Å². The van der Waals surface area contributed by atoms with Crippen molar-refractivity contribution in [3.05, 3.63) is 52.5 Å². The number of hydrogen-bond acceptors (Lipinski definition) is 3. The smallest absolute Gasteiger partial charge is 0.263 e. The van der Waals surface area contributed by atoms with E-state index in [4.69, 9.17) is 5.73 Å². The summed E-state index contributed by atoms with van der Waals surface area (Å²) >= 11 is 3.09. The molecule has 0 bridgehead atoms. The van der Waals surface area contributed by atoms with Crippen LogP contribution in [0.5, 0.6) is 0 Å². The van der Waals surface area contributed by atoms with E-state index < -0.39 is 27.3 Å². The molecule has 8 heteroatoms. The maximum absolute atomic E-state index is 13.5. The summed E-state index contributed by atoms with van der Waals surface area (Å²) in [4.78, 5) is -0.0673. The van der Waals surface area contributed by atoms with Gasteiger partial charge >= 0.3 is 0 Å². The minimum absolute atomic E-state index is 0.0673. The Morgan fingerprint density at radius 1 is 1.10 bits per heavy atom. The number of hydrogen-bond donors (Lipinski definition) is 2. The predicted octanol–water partition coefficient (Wildman–Crippen LogP) is 3.11. The van der Waals surface area contributed by atoms with Crippen molar-refractivity contribution < 1.29 is 17.2 Å². The van der Waals surface area contributed by atoms with E-state index in [0.29, 0.717) is 10.5 Å². The van der Waals surface area contributed by atoms with E-state index in [1.165, 1.54) is 18.2 Å². The summed E-state index contributed by atoms with van der Waals surface area (Å²) in [6.07, 6.45) is 0. The molecule has 4 nitrogen and oxygen atoms in total. The first-order valence-electron chi connectivity index (χ1n) is 5.33. The van der Waals surface area contributed by atoms with Gasteiger partial charge in [-0.15, -0.1) is 0 Å². The van der Waals surface area contributed by atoms with Gasteiger partial charge in [0.2, 0.25) is 0 Å².